The number of nitriles is 1. The summed E-state index contributed by atoms with van der Waals surface area (Å²) in [6, 6.07) is 16.1. The number of nitro benzene ring substituents is 1. The Balaban J connectivity index is 1.96. The van der Waals surface area contributed by atoms with E-state index in [1.54, 1.807) is 24.3 Å². The molecule has 1 aromatic heterocycles. The zero-order valence-corrected chi connectivity index (χ0v) is 19.5. The Kier molecular flexibility index (Phi) is 7.31. The second kappa shape index (κ2) is 10.2. The van der Waals surface area contributed by atoms with Gasteiger partial charge < -0.3 is 4.57 Å². The lowest BCUT2D eigenvalue weighted by Gasteiger charge is -2.06. The highest BCUT2D eigenvalue weighted by atomic mass is 32.2. The summed E-state index contributed by atoms with van der Waals surface area (Å²) in [6.45, 7) is 9.97. The van der Waals surface area contributed by atoms with Crippen molar-refractivity contribution in [2.24, 2.45) is 0 Å². The van der Waals surface area contributed by atoms with Crippen LogP contribution < -0.4 is 0 Å². The van der Waals surface area contributed by atoms with E-state index in [1.165, 1.54) is 23.9 Å². The largest absolute Gasteiger partial charge is 0.345 e. The van der Waals surface area contributed by atoms with Gasteiger partial charge in [0.25, 0.3) is 5.69 Å². The fraction of sp³-hybridized carbons (Fsp3) is 0.154. The van der Waals surface area contributed by atoms with Gasteiger partial charge in [0.1, 0.15) is 11.6 Å². The molecule has 3 rings (SSSR count). The highest BCUT2D eigenvalue weighted by Crippen LogP contribution is 2.36. The average Bonchev–Trinajstić information content (AvgIpc) is 3.07. The first-order chi connectivity index (χ1) is 15.7. The topological polar surface area (TPSA) is 88.9 Å². The summed E-state index contributed by atoms with van der Waals surface area (Å²) in [7, 11) is 0. The minimum atomic E-state index is -0.454. The molecule has 0 aliphatic carbocycles. The molecule has 0 fully saturated rings. The van der Waals surface area contributed by atoms with Crippen LogP contribution in [0.3, 0.4) is 0 Å². The number of carbonyl (C=O) groups is 1. The van der Waals surface area contributed by atoms with Crippen LogP contribution in [0.1, 0.15) is 32.9 Å². The molecule has 3 aromatic rings. The molecule has 0 N–H and O–H groups in total. The van der Waals surface area contributed by atoms with E-state index in [0.717, 1.165) is 21.8 Å². The van der Waals surface area contributed by atoms with Crippen molar-refractivity contribution < 1.29 is 9.72 Å². The van der Waals surface area contributed by atoms with Crippen LogP contribution in [0.5, 0.6) is 0 Å². The molecule has 166 valence electrons. The standard InChI is InChI=1S/C26H23N3O3S/c1-5-12-28-18(3)13-23(19(28)4)26(30)21(16-27)14-20-8-11-25(24(15-20)29(31)32)33-22-9-6-17(2)7-10-22/h5-11,13-15H,1,12H2,2-4H3. The lowest BCUT2D eigenvalue weighted by molar-refractivity contribution is -0.387. The molecule has 0 atom stereocenters. The lowest BCUT2D eigenvalue weighted by Crippen LogP contribution is -2.06. The van der Waals surface area contributed by atoms with Crippen LogP contribution in [-0.4, -0.2) is 15.3 Å². The van der Waals surface area contributed by atoms with E-state index in [4.69, 9.17) is 0 Å². The molecule has 0 unspecified atom stereocenters. The molecular formula is C26H23N3O3S. The molecule has 1 heterocycles. The minimum absolute atomic E-state index is 0.0803. The fourth-order valence-corrected chi connectivity index (χ4v) is 4.39. The molecule has 0 bridgehead atoms. The maximum absolute atomic E-state index is 13.1. The summed E-state index contributed by atoms with van der Waals surface area (Å²) in [5, 5.41) is 21.3. The molecular weight excluding hydrogens is 434 g/mol. The van der Waals surface area contributed by atoms with Gasteiger partial charge in [-0.2, -0.15) is 5.26 Å². The number of hydrogen-bond acceptors (Lipinski definition) is 5. The molecule has 0 saturated carbocycles. The van der Waals surface area contributed by atoms with Gasteiger partial charge in [0.15, 0.2) is 0 Å². The van der Waals surface area contributed by atoms with Gasteiger partial charge >= 0.3 is 0 Å². The van der Waals surface area contributed by atoms with Gasteiger partial charge in [-0.3, -0.25) is 14.9 Å². The molecule has 0 amide bonds. The Morgan fingerprint density at radius 1 is 1.18 bits per heavy atom. The quantitative estimate of drug-likeness (QED) is 0.0968. The second-order valence-corrected chi connectivity index (χ2v) is 8.70. The number of aryl methyl sites for hydroxylation is 2. The summed E-state index contributed by atoms with van der Waals surface area (Å²) < 4.78 is 1.94. The summed E-state index contributed by atoms with van der Waals surface area (Å²) in [5.74, 6) is -0.415. The maximum Gasteiger partial charge on any atom is 0.283 e. The van der Waals surface area contributed by atoms with E-state index in [0.29, 0.717) is 22.6 Å². The second-order valence-electron chi connectivity index (χ2n) is 7.58. The first kappa shape index (κ1) is 23.8. The van der Waals surface area contributed by atoms with Gasteiger partial charge in [0, 0.05) is 34.5 Å². The SMILES string of the molecule is C=CCn1c(C)cc(C(=O)C(C#N)=Cc2ccc(Sc3ccc(C)cc3)c([N+](=O)[O-])c2)c1C. The Bertz CT molecular complexity index is 1310. The van der Waals surface area contributed by atoms with Gasteiger partial charge in [0.05, 0.1) is 9.82 Å². The highest BCUT2D eigenvalue weighted by molar-refractivity contribution is 7.99. The van der Waals surface area contributed by atoms with Crippen LogP contribution in [0.25, 0.3) is 6.08 Å². The zero-order chi connectivity index (χ0) is 24.1. The number of carbonyl (C=O) groups excluding carboxylic acids is 1. The Labute approximate surface area is 197 Å². The lowest BCUT2D eigenvalue weighted by atomic mass is 10.0. The number of rotatable bonds is 8. The van der Waals surface area contributed by atoms with E-state index in [1.807, 2.05) is 55.7 Å². The molecule has 0 radical (unpaired) electrons. The average molecular weight is 458 g/mol. The third-order valence-corrected chi connectivity index (χ3v) is 6.31. The Hall–Kier alpha value is -3.89. The van der Waals surface area contributed by atoms with Gasteiger partial charge in [0.2, 0.25) is 5.78 Å². The molecule has 0 aliphatic heterocycles. The number of Topliss-reactive ketones (excluding diaryl/α,β-unsaturated/α-hetero) is 1. The van der Waals surface area contributed by atoms with Crippen molar-refractivity contribution in [3.8, 4) is 6.07 Å². The van der Waals surface area contributed by atoms with Gasteiger partial charge in [-0.25, -0.2) is 0 Å². The van der Waals surface area contributed by atoms with Crippen LogP contribution >= 0.6 is 11.8 Å². The van der Waals surface area contributed by atoms with Gasteiger partial charge in [-0.1, -0.05) is 41.6 Å². The predicted molar refractivity (Wildman–Crippen MR) is 130 cm³/mol. The minimum Gasteiger partial charge on any atom is -0.345 e. The monoisotopic (exact) mass is 457 g/mol. The summed E-state index contributed by atoms with van der Waals surface area (Å²) in [5.41, 5.74) is 3.43. The third kappa shape index (κ3) is 5.30. The van der Waals surface area contributed by atoms with Crippen molar-refractivity contribution in [1.29, 1.82) is 5.26 Å². The first-order valence-corrected chi connectivity index (χ1v) is 11.0. The van der Waals surface area contributed by atoms with E-state index in [-0.39, 0.29) is 11.3 Å². The van der Waals surface area contributed by atoms with Crippen molar-refractivity contribution in [3.05, 3.63) is 105 Å². The third-order valence-electron chi connectivity index (χ3n) is 5.23. The maximum atomic E-state index is 13.1. The molecule has 0 spiro atoms. The molecule has 33 heavy (non-hydrogen) atoms. The van der Waals surface area contributed by atoms with E-state index in [9.17, 15) is 20.2 Å². The summed E-state index contributed by atoms with van der Waals surface area (Å²) in [6.07, 6.45) is 3.14. The molecule has 2 aromatic carbocycles. The van der Waals surface area contributed by atoms with Crippen molar-refractivity contribution in [3.63, 3.8) is 0 Å². The van der Waals surface area contributed by atoms with E-state index in [2.05, 4.69) is 6.58 Å². The zero-order valence-electron chi connectivity index (χ0n) is 18.7. The summed E-state index contributed by atoms with van der Waals surface area (Å²) in [4.78, 5) is 25.7. The summed E-state index contributed by atoms with van der Waals surface area (Å²) >= 11 is 1.29. The van der Waals surface area contributed by atoms with Crippen molar-refractivity contribution in [2.45, 2.75) is 37.1 Å². The fourth-order valence-electron chi connectivity index (χ4n) is 3.49. The number of benzene rings is 2. The number of nitrogens with zero attached hydrogens (tertiary/aromatic N) is 3. The molecule has 7 heteroatoms. The number of nitro groups is 1. The van der Waals surface area contributed by atoms with Crippen LogP contribution in [0.2, 0.25) is 0 Å². The Morgan fingerprint density at radius 2 is 1.88 bits per heavy atom. The van der Waals surface area contributed by atoms with E-state index >= 15 is 0 Å². The Morgan fingerprint density at radius 3 is 2.48 bits per heavy atom. The molecule has 0 aliphatic rings. The van der Waals surface area contributed by atoms with Crippen LogP contribution in [0.15, 0.2) is 76.5 Å². The first-order valence-electron chi connectivity index (χ1n) is 10.2. The van der Waals surface area contributed by atoms with Crippen LogP contribution in [0, 0.1) is 42.2 Å². The van der Waals surface area contributed by atoms with Crippen LogP contribution in [0.4, 0.5) is 5.69 Å². The van der Waals surface area contributed by atoms with Crippen molar-refractivity contribution in [1.82, 2.24) is 4.57 Å². The van der Waals surface area contributed by atoms with E-state index < -0.39 is 10.7 Å². The normalized spacial score (nSPS) is 11.2. The number of allylic oxidation sites excluding steroid dienone is 2. The van der Waals surface area contributed by atoms with Gasteiger partial charge in [-0.05, 0) is 56.7 Å². The molecule has 0 saturated heterocycles. The number of ketones is 1. The van der Waals surface area contributed by atoms with Crippen LogP contribution in [-0.2, 0) is 6.54 Å². The number of aromatic nitrogens is 1. The highest BCUT2D eigenvalue weighted by Gasteiger charge is 2.20. The van der Waals surface area contributed by atoms with Crippen molar-refractivity contribution >= 4 is 29.3 Å². The van der Waals surface area contributed by atoms with Crippen molar-refractivity contribution in [2.75, 3.05) is 0 Å². The smallest absolute Gasteiger partial charge is 0.283 e. The molecule has 6 nitrogen and oxygen atoms in total. The predicted octanol–water partition coefficient (Wildman–Crippen LogP) is 6.45. The van der Waals surface area contributed by atoms with Gasteiger partial charge in [-0.15, -0.1) is 6.58 Å². The number of hydrogen-bond donors (Lipinski definition) is 0.